The second kappa shape index (κ2) is 6.37. The van der Waals surface area contributed by atoms with Crippen molar-refractivity contribution < 1.29 is 19.5 Å². The molecule has 1 aromatic carbocycles. The van der Waals surface area contributed by atoms with E-state index in [1.54, 1.807) is 0 Å². The van der Waals surface area contributed by atoms with E-state index in [9.17, 15) is 19.5 Å². The van der Waals surface area contributed by atoms with Gasteiger partial charge in [0.15, 0.2) is 0 Å². The van der Waals surface area contributed by atoms with Crippen molar-refractivity contribution in [1.82, 2.24) is 4.90 Å². The number of nitrogens with zero attached hydrogens (tertiary/aromatic N) is 2. The van der Waals surface area contributed by atoms with Crippen LogP contribution in [0.15, 0.2) is 29.2 Å². The van der Waals surface area contributed by atoms with E-state index in [1.165, 1.54) is 21.6 Å². The van der Waals surface area contributed by atoms with Crippen LogP contribution in [-0.2, 0) is 14.4 Å². The van der Waals surface area contributed by atoms with E-state index in [-0.39, 0.29) is 30.2 Å². The summed E-state index contributed by atoms with van der Waals surface area (Å²) in [6, 6.07) is 6.77. The molecular formula is C18H20N2O4S. The van der Waals surface area contributed by atoms with Crippen molar-refractivity contribution in [3.63, 3.8) is 0 Å². The SMILES string of the molecule is O=C(O)C1C2CCCC2CN1C(=O)CN1C(=O)CSc2ccccc21. The lowest BCUT2D eigenvalue weighted by molar-refractivity contribution is -0.149. The van der Waals surface area contributed by atoms with Gasteiger partial charge in [0.05, 0.1) is 11.4 Å². The van der Waals surface area contributed by atoms with Crippen molar-refractivity contribution in [3.05, 3.63) is 24.3 Å². The second-order valence-electron chi connectivity index (χ2n) is 6.92. The number of rotatable bonds is 3. The average Bonchev–Trinajstić information content (AvgIpc) is 3.17. The van der Waals surface area contributed by atoms with Crippen LogP contribution in [0.25, 0.3) is 0 Å². The Morgan fingerprint density at radius 2 is 2.04 bits per heavy atom. The Labute approximate surface area is 150 Å². The van der Waals surface area contributed by atoms with Gasteiger partial charge in [-0.3, -0.25) is 9.59 Å². The molecule has 132 valence electrons. The Kier molecular flexibility index (Phi) is 4.19. The highest BCUT2D eigenvalue weighted by molar-refractivity contribution is 8.00. The van der Waals surface area contributed by atoms with Crippen LogP contribution in [0.1, 0.15) is 19.3 Å². The highest BCUT2D eigenvalue weighted by Crippen LogP contribution is 2.42. The van der Waals surface area contributed by atoms with Crippen molar-refractivity contribution in [2.45, 2.75) is 30.2 Å². The van der Waals surface area contributed by atoms with E-state index in [4.69, 9.17) is 0 Å². The molecular weight excluding hydrogens is 340 g/mol. The number of hydrogen-bond acceptors (Lipinski definition) is 4. The zero-order valence-electron chi connectivity index (χ0n) is 13.8. The molecule has 4 rings (SSSR count). The van der Waals surface area contributed by atoms with Gasteiger partial charge in [0.2, 0.25) is 11.8 Å². The minimum absolute atomic E-state index is 0.0568. The van der Waals surface area contributed by atoms with Crippen molar-refractivity contribution in [1.29, 1.82) is 0 Å². The summed E-state index contributed by atoms with van der Waals surface area (Å²) in [5.74, 6) is -0.659. The standard InChI is InChI=1S/C18H20N2O4S/c21-15(20-8-11-4-3-5-12(11)17(20)18(23)24)9-19-13-6-1-2-7-14(13)25-10-16(19)22/h1-2,6-7,11-12,17H,3-5,8-10H2,(H,23,24). The third kappa shape index (κ3) is 2.80. The molecule has 1 N–H and O–H groups in total. The predicted octanol–water partition coefficient (Wildman–Crippen LogP) is 1.84. The molecule has 7 heteroatoms. The van der Waals surface area contributed by atoms with Gasteiger partial charge in [0.25, 0.3) is 0 Å². The number of fused-ring (bicyclic) bond motifs is 2. The predicted molar refractivity (Wildman–Crippen MR) is 93.5 cm³/mol. The van der Waals surface area contributed by atoms with Crippen LogP contribution in [0.3, 0.4) is 0 Å². The Bertz CT molecular complexity index is 738. The number of carbonyl (C=O) groups is 3. The number of aliphatic carboxylic acids is 1. The van der Waals surface area contributed by atoms with Gasteiger partial charge in [-0.2, -0.15) is 0 Å². The number of para-hydroxylation sites is 1. The number of carboxylic acids is 1. The van der Waals surface area contributed by atoms with E-state index >= 15 is 0 Å². The lowest BCUT2D eigenvalue weighted by Gasteiger charge is -2.31. The fourth-order valence-corrected chi connectivity index (χ4v) is 5.37. The zero-order chi connectivity index (χ0) is 17.6. The van der Waals surface area contributed by atoms with Crippen molar-refractivity contribution in [3.8, 4) is 0 Å². The van der Waals surface area contributed by atoms with E-state index in [0.29, 0.717) is 12.3 Å². The zero-order valence-corrected chi connectivity index (χ0v) is 14.6. The summed E-state index contributed by atoms with van der Waals surface area (Å²) < 4.78 is 0. The lowest BCUT2D eigenvalue weighted by atomic mass is 9.94. The lowest BCUT2D eigenvalue weighted by Crippen LogP contribution is -2.49. The molecule has 2 amide bonds. The van der Waals surface area contributed by atoms with Crippen LogP contribution in [0.4, 0.5) is 5.69 Å². The summed E-state index contributed by atoms with van der Waals surface area (Å²) in [7, 11) is 0. The fraction of sp³-hybridized carbons (Fsp3) is 0.500. The average molecular weight is 360 g/mol. The smallest absolute Gasteiger partial charge is 0.326 e. The van der Waals surface area contributed by atoms with Gasteiger partial charge < -0.3 is 14.9 Å². The highest BCUT2D eigenvalue weighted by atomic mass is 32.2. The molecule has 2 aliphatic heterocycles. The second-order valence-corrected chi connectivity index (χ2v) is 7.94. The van der Waals surface area contributed by atoms with Gasteiger partial charge in [-0.05, 0) is 36.8 Å². The van der Waals surface area contributed by atoms with Crippen molar-refractivity contribution >= 4 is 35.2 Å². The van der Waals surface area contributed by atoms with E-state index in [1.807, 2.05) is 24.3 Å². The number of anilines is 1. The van der Waals surface area contributed by atoms with Gasteiger partial charge in [0.1, 0.15) is 12.6 Å². The summed E-state index contributed by atoms with van der Waals surface area (Å²) >= 11 is 1.47. The monoisotopic (exact) mass is 360 g/mol. The maximum Gasteiger partial charge on any atom is 0.326 e. The minimum Gasteiger partial charge on any atom is -0.480 e. The highest BCUT2D eigenvalue weighted by Gasteiger charge is 2.49. The van der Waals surface area contributed by atoms with Crippen LogP contribution < -0.4 is 4.90 Å². The molecule has 0 bridgehead atoms. The molecule has 2 heterocycles. The van der Waals surface area contributed by atoms with Crippen LogP contribution in [0.5, 0.6) is 0 Å². The van der Waals surface area contributed by atoms with Crippen molar-refractivity contribution in [2.24, 2.45) is 11.8 Å². The van der Waals surface area contributed by atoms with E-state index in [0.717, 1.165) is 29.8 Å². The third-order valence-corrected chi connectivity index (χ3v) is 6.61. The molecule has 3 aliphatic rings. The first-order valence-corrected chi connectivity index (χ1v) is 9.59. The number of likely N-dealkylation sites (tertiary alicyclic amines) is 1. The van der Waals surface area contributed by atoms with E-state index < -0.39 is 12.0 Å². The topological polar surface area (TPSA) is 77.9 Å². The normalized spacial score (nSPS) is 28.0. The number of carbonyl (C=O) groups excluding carboxylic acids is 2. The van der Waals surface area contributed by atoms with Gasteiger partial charge in [-0.25, -0.2) is 4.79 Å². The molecule has 6 nitrogen and oxygen atoms in total. The maximum absolute atomic E-state index is 12.9. The number of carboxylic acid groups (broad SMARTS) is 1. The molecule has 3 atom stereocenters. The summed E-state index contributed by atoms with van der Waals surface area (Å²) in [6.07, 6.45) is 2.89. The van der Waals surface area contributed by atoms with Crippen LogP contribution in [-0.4, -0.2) is 52.7 Å². The fourth-order valence-electron chi connectivity index (χ4n) is 4.43. The number of hydrogen-bond donors (Lipinski definition) is 1. The first kappa shape index (κ1) is 16.4. The first-order valence-electron chi connectivity index (χ1n) is 8.60. The van der Waals surface area contributed by atoms with Gasteiger partial charge >= 0.3 is 5.97 Å². The molecule has 1 aromatic rings. The maximum atomic E-state index is 12.9. The number of benzene rings is 1. The Balaban J connectivity index is 1.56. The van der Waals surface area contributed by atoms with Gasteiger partial charge in [0, 0.05) is 11.4 Å². The van der Waals surface area contributed by atoms with Gasteiger partial charge in [-0.1, -0.05) is 18.6 Å². The molecule has 1 aliphatic carbocycles. The molecule has 25 heavy (non-hydrogen) atoms. The molecule has 3 unspecified atom stereocenters. The summed E-state index contributed by atoms with van der Waals surface area (Å²) in [5, 5.41) is 9.62. The largest absolute Gasteiger partial charge is 0.480 e. The third-order valence-electron chi connectivity index (χ3n) is 5.57. The summed E-state index contributed by atoms with van der Waals surface area (Å²) in [6.45, 7) is 0.415. The quantitative estimate of drug-likeness (QED) is 0.890. The number of thioether (sulfide) groups is 1. The van der Waals surface area contributed by atoms with Crippen LogP contribution >= 0.6 is 11.8 Å². The molecule has 2 fully saturated rings. The summed E-state index contributed by atoms with van der Waals surface area (Å²) in [4.78, 5) is 40.9. The Morgan fingerprint density at radius 3 is 2.84 bits per heavy atom. The Hall–Kier alpha value is -2.02. The first-order chi connectivity index (χ1) is 12.1. The minimum atomic E-state index is -0.927. The van der Waals surface area contributed by atoms with Crippen LogP contribution in [0, 0.1) is 11.8 Å². The molecule has 1 saturated heterocycles. The molecule has 0 spiro atoms. The van der Waals surface area contributed by atoms with Gasteiger partial charge in [-0.15, -0.1) is 11.8 Å². The number of amides is 2. The summed E-state index contributed by atoms with van der Waals surface area (Å²) in [5.41, 5.74) is 0.739. The Morgan fingerprint density at radius 1 is 1.24 bits per heavy atom. The molecule has 1 saturated carbocycles. The van der Waals surface area contributed by atoms with Crippen LogP contribution in [0.2, 0.25) is 0 Å². The molecule has 0 aromatic heterocycles. The molecule has 0 radical (unpaired) electrons. The van der Waals surface area contributed by atoms with E-state index in [2.05, 4.69) is 0 Å². The van der Waals surface area contributed by atoms with Crippen molar-refractivity contribution in [2.75, 3.05) is 23.7 Å².